The molecule has 2 N–H and O–H groups in total. The van der Waals surface area contributed by atoms with Crippen molar-refractivity contribution in [1.82, 2.24) is 0 Å². The fourth-order valence-electron chi connectivity index (χ4n) is 0.691. The Hall–Kier alpha value is -0.560. The smallest absolute Gasteiger partial charge is 0.0106 e. The van der Waals surface area contributed by atoms with E-state index in [-0.39, 0.29) is 0 Å². The first-order valence-electron chi connectivity index (χ1n) is 3.92. The lowest BCUT2D eigenvalue weighted by atomic mass is 10.2. The zero-order valence-electron chi connectivity index (χ0n) is 6.72. The van der Waals surface area contributed by atoms with Gasteiger partial charge in [-0.25, -0.2) is 0 Å². The monoisotopic (exact) mass is 139 g/mol. The van der Waals surface area contributed by atoms with Crippen LogP contribution in [0.1, 0.15) is 26.2 Å². The van der Waals surface area contributed by atoms with Crippen LogP contribution in [0.4, 0.5) is 0 Å². The van der Waals surface area contributed by atoms with Crippen molar-refractivity contribution in [3.8, 4) is 0 Å². The number of unbranched alkanes of at least 4 members (excludes halogenated alkanes) is 1. The van der Waals surface area contributed by atoms with Gasteiger partial charge in [-0.2, -0.15) is 0 Å². The lowest BCUT2D eigenvalue weighted by Gasteiger charge is -1.84. The molecule has 58 valence electrons. The Bertz CT molecular complexity index is 89.3. The average molecular weight is 139 g/mol. The molecule has 1 nitrogen and oxygen atoms in total. The van der Waals surface area contributed by atoms with Gasteiger partial charge in [0.05, 0.1) is 0 Å². The van der Waals surface area contributed by atoms with Gasteiger partial charge in [0.15, 0.2) is 0 Å². The number of hydrogen-bond acceptors (Lipinski definition) is 1. The highest BCUT2D eigenvalue weighted by Gasteiger charge is 1.74. The highest BCUT2D eigenvalue weighted by atomic mass is 14.5. The zero-order chi connectivity index (χ0) is 7.66. The summed E-state index contributed by atoms with van der Waals surface area (Å²) in [4.78, 5) is 0. The summed E-state index contributed by atoms with van der Waals surface area (Å²) in [7, 11) is 0. The first kappa shape index (κ1) is 9.44. The molecule has 0 spiro atoms. The molecular weight excluding hydrogens is 122 g/mol. The summed E-state index contributed by atoms with van der Waals surface area (Å²) in [5, 5.41) is 0. The molecule has 10 heavy (non-hydrogen) atoms. The standard InChI is InChI=1S/C9H17N/c1-2-3-4-5-6-7-8-9-10/h3-4,7-8H,2,5-6,9-10H2,1H3/b4-3-,8-7+. The molecule has 0 heterocycles. The largest absolute Gasteiger partial charge is 0.327 e. The summed E-state index contributed by atoms with van der Waals surface area (Å²) < 4.78 is 0. The first-order valence-corrected chi connectivity index (χ1v) is 3.92. The highest BCUT2D eigenvalue weighted by Crippen LogP contribution is 1.93. The normalized spacial score (nSPS) is 11.8. The van der Waals surface area contributed by atoms with E-state index in [1.165, 1.54) is 0 Å². The van der Waals surface area contributed by atoms with Crippen LogP contribution in [0.2, 0.25) is 0 Å². The quantitative estimate of drug-likeness (QED) is 0.459. The molecule has 1 heteroatoms. The second kappa shape index (κ2) is 8.44. The second-order valence-electron chi connectivity index (χ2n) is 2.16. The zero-order valence-corrected chi connectivity index (χ0v) is 6.72. The van der Waals surface area contributed by atoms with Gasteiger partial charge in [0.2, 0.25) is 0 Å². The number of hydrogen-bond donors (Lipinski definition) is 1. The molecule has 0 amide bonds. The summed E-state index contributed by atoms with van der Waals surface area (Å²) in [5.41, 5.74) is 5.26. The van der Waals surface area contributed by atoms with Crippen molar-refractivity contribution < 1.29 is 0 Å². The van der Waals surface area contributed by atoms with E-state index in [1.807, 2.05) is 6.08 Å². The van der Waals surface area contributed by atoms with Gasteiger partial charge < -0.3 is 5.73 Å². The summed E-state index contributed by atoms with van der Waals surface area (Å²) in [6.07, 6.45) is 11.9. The van der Waals surface area contributed by atoms with E-state index in [0.29, 0.717) is 6.54 Å². The van der Waals surface area contributed by atoms with Crippen LogP contribution in [0.15, 0.2) is 24.3 Å². The lowest BCUT2D eigenvalue weighted by molar-refractivity contribution is 1.03. The van der Waals surface area contributed by atoms with E-state index in [0.717, 1.165) is 19.3 Å². The molecule has 0 aliphatic carbocycles. The Morgan fingerprint density at radius 1 is 1.00 bits per heavy atom. The maximum atomic E-state index is 5.26. The summed E-state index contributed by atoms with van der Waals surface area (Å²) in [5.74, 6) is 0. The summed E-state index contributed by atoms with van der Waals surface area (Å²) in [6, 6.07) is 0. The van der Waals surface area contributed by atoms with E-state index >= 15 is 0 Å². The molecule has 0 bridgehead atoms. The molecule has 0 aliphatic rings. The maximum absolute atomic E-state index is 5.26. The first-order chi connectivity index (χ1) is 4.91. The fourth-order valence-corrected chi connectivity index (χ4v) is 0.691. The van der Waals surface area contributed by atoms with Gasteiger partial charge in [-0.05, 0) is 19.3 Å². The third-order valence-corrected chi connectivity index (χ3v) is 1.21. The lowest BCUT2D eigenvalue weighted by Crippen LogP contribution is -1.91. The van der Waals surface area contributed by atoms with Gasteiger partial charge in [-0.15, -0.1) is 0 Å². The minimum absolute atomic E-state index is 0.664. The molecule has 0 fully saturated rings. The Morgan fingerprint density at radius 2 is 1.60 bits per heavy atom. The summed E-state index contributed by atoms with van der Waals surface area (Å²) >= 11 is 0. The second-order valence-corrected chi connectivity index (χ2v) is 2.16. The van der Waals surface area contributed by atoms with Crippen molar-refractivity contribution in [3.05, 3.63) is 24.3 Å². The van der Waals surface area contributed by atoms with Crippen LogP contribution in [-0.4, -0.2) is 6.54 Å². The average Bonchev–Trinajstić information content (AvgIpc) is 1.97. The highest BCUT2D eigenvalue weighted by molar-refractivity contribution is 4.87. The Morgan fingerprint density at radius 3 is 2.10 bits per heavy atom. The van der Waals surface area contributed by atoms with Gasteiger partial charge in [-0.1, -0.05) is 31.2 Å². The van der Waals surface area contributed by atoms with Gasteiger partial charge in [0.1, 0.15) is 0 Å². The van der Waals surface area contributed by atoms with Crippen molar-refractivity contribution in [3.63, 3.8) is 0 Å². The van der Waals surface area contributed by atoms with Crippen molar-refractivity contribution >= 4 is 0 Å². The van der Waals surface area contributed by atoms with Crippen LogP contribution in [0, 0.1) is 0 Å². The topological polar surface area (TPSA) is 26.0 Å². The fraction of sp³-hybridized carbons (Fsp3) is 0.556. The van der Waals surface area contributed by atoms with E-state index in [1.54, 1.807) is 0 Å². The minimum Gasteiger partial charge on any atom is -0.327 e. The van der Waals surface area contributed by atoms with Crippen molar-refractivity contribution in [2.24, 2.45) is 5.73 Å². The maximum Gasteiger partial charge on any atom is 0.0106 e. The van der Waals surface area contributed by atoms with Crippen LogP contribution in [0.3, 0.4) is 0 Å². The van der Waals surface area contributed by atoms with Crippen molar-refractivity contribution in [1.29, 1.82) is 0 Å². The molecule has 0 atom stereocenters. The SMILES string of the molecule is CC/C=C\CC/C=C/CN. The van der Waals surface area contributed by atoms with E-state index in [2.05, 4.69) is 25.2 Å². The minimum atomic E-state index is 0.664. The van der Waals surface area contributed by atoms with Gasteiger partial charge in [-0.3, -0.25) is 0 Å². The number of nitrogens with two attached hydrogens (primary N) is 1. The predicted octanol–water partition coefficient (Wildman–Crippen LogP) is 2.25. The van der Waals surface area contributed by atoms with Crippen molar-refractivity contribution in [2.75, 3.05) is 6.54 Å². The molecule has 0 saturated carbocycles. The molecule has 0 aromatic heterocycles. The van der Waals surface area contributed by atoms with Gasteiger partial charge in [0, 0.05) is 6.54 Å². The predicted molar refractivity (Wildman–Crippen MR) is 46.9 cm³/mol. The molecule has 0 radical (unpaired) electrons. The Labute approximate surface area is 63.6 Å². The van der Waals surface area contributed by atoms with Crippen LogP contribution in [-0.2, 0) is 0 Å². The Kier molecular flexibility index (Phi) is 7.97. The Balaban J connectivity index is 3.04. The van der Waals surface area contributed by atoms with Gasteiger partial charge >= 0.3 is 0 Å². The molecule has 0 unspecified atom stereocenters. The molecular formula is C9H17N. The van der Waals surface area contributed by atoms with Crippen LogP contribution in [0.25, 0.3) is 0 Å². The molecule has 0 saturated heterocycles. The van der Waals surface area contributed by atoms with Crippen molar-refractivity contribution in [2.45, 2.75) is 26.2 Å². The van der Waals surface area contributed by atoms with Crippen LogP contribution in [0.5, 0.6) is 0 Å². The molecule has 0 aliphatic heterocycles. The van der Waals surface area contributed by atoms with Crippen LogP contribution >= 0.6 is 0 Å². The number of rotatable bonds is 5. The summed E-state index contributed by atoms with van der Waals surface area (Å²) in [6.45, 7) is 2.81. The third kappa shape index (κ3) is 7.44. The molecule has 0 aromatic carbocycles. The number of allylic oxidation sites excluding steroid dienone is 3. The van der Waals surface area contributed by atoms with E-state index < -0.39 is 0 Å². The van der Waals surface area contributed by atoms with Crippen LogP contribution < -0.4 is 5.73 Å². The third-order valence-electron chi connectivity index (χ3n) is 1.21. The molecule has 0 aromatic rings. The molecule has 0 rings (SSSR count). The van der Waals surface area contributed by atoms with E-state index in [4.69, 9.17) is 5.73 Å². The van der Waals surface area contributed by atoms with E-state index in [9.17, 15) is 0 Å². The van der Waals surface area contributed by atoms with Gasteiger partial charge in [0.25, 0.3) is 0 Å².